The van der Waals surface area contributed by atoms with Gasteiger partial charge in [0, 0.05) is 5.69 Å². The standard InChI is InChI=1S/C12H8ClN7O/c13-11-5-4-10(16-17-11)12(21)15-8-2-1-3-9(6-8)20-7-14-18-19-20/h1-7H,(H,15,21). The molecule has 3 rings (SSSR count). The summed E-state index contributed by atoms with van der Waals surface area (Å²) in [6.07, 6.45) is 1.46. The molecule has 104 valence electrons. The van der Waals surface area contributed by atoms with Gasteiger partial charge in [0.05, 0.1) is 5.69 Å². The summed E-state index contributed by atoms with van der Waals surface area (Å²) in [6, 6.07) is 10.1. The van der Waals surface area contributed by atoms with Crippen LogP contribution in [0.3, 0.4) is 0 Å². The Morgan fingerprint density at radius 2 is 2.10 bits per heavy atom. The van der Waals surface area contributed by atoms with E-state index in [4.69, 9.17) is 11.6 Å². The lowest BCUT2D eigenvalue weighted by Crippen LogP contribution is -2.14. The van der Waals surface area contributed by atoms with Gasteiger partial charge in [-0.25, -0.2) is 4.68 Å². The van der Waals surface area contributed by atoms with Crippen molar-refractivity contribution < 1.29 is 4.79 Å². The van der Waals surface area contributed by atoms with Crippen LogP contribution in [-0.2, 0) is 0 Å². The Kier molecular flexibility index (Phi) is 3.52. The van der Waals surface area contributed by atoms with Crippen LogP contribution in [0.2, 0.25) is 5.15 Å². The summed E-state index contributed by atoms with van der Waals surface area (Å²) >= 11 is 5.63. The monoisotopic (exact) mass is 301 g/mol. The number of tetrazole rings is 1. The van der Waals surface area contributed by atoms with Gasteiger partial charge < -0.3 is 5.32 Å². The van der Waals surface area contributed by atoms with Gasteiger partial charge in [-0.05, 0) is 40.8 Å². The Balaban J connectivity index is 1.80. The van der Waals surface area contributed by atoms with Crippen LogP contribution >= 0.6 is 11.6 Å². The van der Waals surface area contributed by atoms with Crippen LogP contribution < -0.4 is 5.32 Å². The van der Waals surface area contributed by atoms with Crippen molar-refractivity contribution in [3.05, 3.63) is 53.6 Å². The topological polar surface area (TPSA) is 98.5 Å². The van der Waals surface area contributed by atoms with Gasteiger partial charge in [-0.2, -0.15) is 0 Å². The zero-order chi connectivity index (χ0) is 14.7. The molecule has 0 saturated heterocycles. The van der Waals surface area contributed by atoms with Crippen molar-refractivity contribution in [3.8, 4) is 5.69 Å². The average Bonchev–Trinajstić information content (AvgIpc) is 3.02. The molecule has 1 amide bonds. The van der Waals surface area contributed by atoms with Crippen LogP contribution in [0.1, 0.15) is 10.5 Å². The van der Waals surface area contributed by atoms with E-state index >= 15 is 0 Å². The number of nitrogens with zero attached hydrogens (tertiary/aromatic N) is 6. The van der Waals surface area contributed by atoms with Gasteiger partial charge in [0.1, 0.15) is 6.33 Å². The first-order valence-electron chi connectivity index (χ1n) is 5.86. The Hall–Kier alpha value is -2.87. The lowest BCUT2D eigenvalue weighted by atomic mass is 10.2. The number of anilines is 1. The van der Waals surface area contributed by atoms with Crippen molar-refractivity contribution in [2.75, 3.05) is 5.32 Å². The number of aromatic nitrogens is 6. The van der Waals surface area contributed by atoms with Gasteiger partial charge in [0.25, 0.3) is 5.91 Å². The number of carbonyl (C=O) groups excluding carboxylic acids is 1. The van der Waals surface area contributed by atoms with Crippen molar-refractivity contribution in [1.82, 2.24) is 30.4 Å². The summed E-state index contributed by atoms with van der Waals surface area (Å²) in [5.74, 6) is -0.381. The minimum absolute atomic E-state index is 0.173. The average molecular weight is 302 g/mol. The molecule has 1 aromatic carbocycles. The molecule has 21 heavy (non-hydrogen) atoms. The summed E-state index contributed by atoms with van der Waals surface area (Å²) in [5, 5.41) is 21.2. The van der Waals surface area contributed by atoms with Crippen LogP contribution in [-0.4, -0.2) is 36.3 Å². The van der Waals surface area contributed by atoms with Crippen molar-refractivity contribution in [1.29, 1.82) is 0 Å². The highest BCUT2D eigenvalue weighted by atomic mass is 35.5. The van der Waals surface area contributed by atoms with Gasteiger partial charge in [0.15, 0.2) is 10.8 Å². The highest BCUT2D eigenvalue weighted by Gasteiger charge is 2.09. The number of benzene rings is 1. The van der Waals surface area contributed by atoms with Crippen LogP contribution in [0.4, 0.5) is 5.69 Å². The number of amides is 1. The van der Waals surface area contributed by atoms with Crippen molar-refractivity contribution in [2.24, 2.45) is 0 Å². The lowest BCUT2D eigenvalue weighted by molar-refractivity contribution is 0.102. The molecule has 0 spiro atoms. The van der Waals surface area contributed by atoms with E-state index in [9.17, 15) is 4.79 Å². The Morgan fingerprint density at radius 1 is 1.19 bits per heavy atom. The second-order valence-electron chi connectivity index (χ2n) is 4.00. The van der Waals surface area contributed by atoms with Crippen LogP contribution in [0.5, 0.6) is 0 Å². The molecule has 0 bridgehead atoms. The maximum atomic E-state index is 12.0. The van der Waals surface area contributed by atoms with Crippen LogP contribution in [0, 0.1) is 0 Å². The van der Waals surface area contributed by atoms with Crippen molar-refractivity contribution >= 4 is 23.2 Å². The Labute approximate surface area is 123 Å². The molecule has 2 aromatic heterocycles. The quantitative estimate of drug-likeness (QED) is 0.784. The molecule has 0 fully saturated rings. The Bertz CT molecular complexity index is 758. The fourth-order valence-electron chi connectivity index (χ4n) is 1.64. The molecule has 0 atom stereocenters. The van der Waals surface area contributed by atoms with Crippen molar-refractivity contribution in [3.63, 3.8) is 0 Å². The van der Waals surface area contributed by atoms with Gasteiger partial charge >= 0.3 is 0 Å². The van der Waals surface area contributed by atoms with E-state index in [2.05, 4.69) is 31.0 Å². The number of halogens is 1. The zero-order valence-electron chi connectivity index (χ0n) is 10.5. The third-order valence-corrected chi connectivity index (χ3v) is 2.78. The number of hydrogen-bond acceptors (Lipinski definition) is 6. The predicted molar refractivity (Wildman–Crippen MR) is 74.1 cm³/mol. The maximum Gasteiger partial charge on any atom is 0.276 e. The van der Waals surface area contributed by atoms with E-state index in [0.29, 0.717) is 5.69 Å². The fourth-order valence-corrected chi connectivity index (χ4v) is 1.74. The number of hydrogen-bond donors (Lipinski definition) is 1. The molecule has 9 heteroatoms. The summed E-state index contributed by atoms with van der Waals surface area (Å²) in [5.41, 5.74) is 1.48. The number of carbonyl (C=O) groups is 1. The first-order valence-corrected chi connectivity index (χ1v) is 6.24. The van der Waals surface area contributed by atoms with Gasteiger partial charge in [-0.3, -0.25) is 4.79 Å². The minimum atomic E-state index is -0.381. The van der Waals surface area contributed by atoms with Gasteiger partial charge in [-0.1, -0.05) is 17.7 Å². The first-order chi connectivity index (χ1) is 10.2. The largest absolute Gasteiger partial charge is 0.321 e. The van der Waals surface area contributed by atoms with Crippen LogP contribution in [0.25, 0.3) is 5.69 Å². The van der Waals surface area contributed by atoms with Crippen molar-refractivity contribution in [2.45, 2.75) is 0 Å². The molecule has 1 N–H and O–H groups in total. The third kappa shape index (κ3) is 3.00. The molecular weight excluding hydrogens is 294 g/mol. The molecule has 0 saturated carbocycles. The zero-order valence-corrected chi connectivity index (χ0v) is 11.3. The smallest absolute Gasteiger partial charge is 0.276 e. The van der Waals surface area contributed by atoms with Crippen LogP contribution in [0.15, 0.2) is 42.7 Å². The highest BCUT2D eigenvalue weighted by Crippen LogP contribution is 2.14. The molecule has 3 aromatic rings. The van der Waals surface area contributed by atoms with E-state index < -0.39 is 0 Å². The molecule has 2 heterocycles. The third-order valence-electron chi connectivity index (χ3n) is 2.58. The molecule has 0 radical (unpaired) electrons. The van der Waals surface area contributed by atoms with E-state index in [1.165, 1.54) is 23.1 Å². The van der Waals surface area contributed by atoms with E-state index in [0.717, 1.165) is 5.69 Å². The predicted octanol–water partition coefficient (Wildman–Crippen LogP) is 1.36. The van der Waals surface area contributed by atoms with Gasteiger partial charge in [-0.15, -0.1) is 15.3 Å². The second-order valence-corrected chi connectivity index (χ2v) is 4.39. The highest BCUT2D eigenvalue weighted by molar-refractivity contribution is 6.29. The minimum Gasteiger partial charge on any atom is -0.321 e. The fraction of sp³-hybridized carbons (Fsp3) is 0. The molecule has 0 unspecified atom stereocenters. The van der Waals surface area contributed by atoms with E-state index in [-0.39, 0.29) is 16.8 Å². The lowest BCUT2D eigenvalue weighted by Gasteiger charge is -2.06. The summed E-state index contributed by atoms with van der Waals surface area (Å²) < 4.78 is 1.48. The molecule has 0 aliphatic heterocycles. The maximum absolute atomic E-state index is 12.0. The molecule has 0 aliphatic rings. The SMILES string of the molecule is O=C(Nc1cccc(-n2cnnn2)c1)c1ccc(Cl)nn1. The summed E-state index contributed by atoms with van der Waals surface area (Å²) in [7, 11) is 0. The van der Waals surface area contributed by atoms with Gasteiger partial charge in [0.2, 0.25) is 0 Å². The molecular formula is C12H8ClN7O. The normalized spacial score (nSPS) is 10.3. The second kappa shape index (κ2) is 5.63. The first kappa shape index (κ1) is 13.1. The Morgan fingerprint density at radius 3 is 2.81 bits per heavy atom. The molecule has 0 aliphatic carbocycles. The molecule has 8 nitrogen and oxygen atoms in total. The van der Waals surface area contributed by atoms with E-state index in [1.807, 2.05) is 6.07 Å². The summed E-state index contributed by atoms with van der Waals surface area (Å²) in [4.78, 5) is 12.0. The summed E-state index contributed by atoms with van der Waals surface area (Å²) in [6.45, 7) is 0. The van der Waals surface area contributed by atoms with E-state index in [1.54, 1.807) is 18.2 Å². The number of nitrogens with one attached hydrogen (secondary N) is 1. The number of rotatable bonds is 3.